The summed E-state index contributed by atoms with van der Waals surface area (Å²) in [5.41, 5.74) is 2.03. The Kier molecular flexibility index (Phi) is 7.37. The Morgan fingerprint density at radius 1 is 1.13 bits per heavy atom. The molecule has 6 nitrogen and oxygen atoms in total. The number of ether oxygens (including phenoxy) is 2. The molecule has 1 aromatic carbocycles. The van der Waals surface area contributed by atoms with Crippen LogP contribution in [0.1, 0.15) is 29.8 Å². The van der Waals surface area contributed by atoms with Gasteiger partial charge in [0.2, 0.25) is 0 Å². The average Bonchev–Trinajstić information content (AvgIpc) is 3.38. The molecule has 3 aromatic rings. The van der Waals surface area contributed by atoms with E-state index in [1.807, 2.05) is 47.2 Å². The number of amides is 1. The molecule has 8 heteroatoms. The van der Waals surface area contributed by atoms with E-state index in [0.717, 1.165) is 16.0 Å². The molecule has 156 valence electrons. The Bertz CT molecular complexity index is 1010. The van der Waals surface area contributed by atoms with Gasteiger partial charge in [-0.05, 0) is 47.9 Å². The summed E-state index contributed by atoms with van der Waals surface area (Å²) >= 11 is 2.75. The molecule has 1 amide bonds. The van der Waals surface area contributed by atoms with Crippen LogP contribution in [-0.4, -0.2) is 30.6 Å². The smallest absolute Gasteiger partial charge is 0.341 e. The molecule has 2 aromatic heterocycles. The van der Waals surface area contributed by atoms with Crippen LogP contribution in [0.5, 0.6) is 0 Å². The van der Waals surface area contributed by atoms with E-state index in [1.165, 1.54) is 29.6 Å². The lowest BCUT2D eigenvalue weighted by Crippen LogP contribution is -2.30. The quantitative estimate of drug-likeness (QED) is 0.507. The highest BCUT2D eigenvalue weighted by Gasteiger charge is 2.24. The second kappa shape index (κ2) is 10.2. The zero-order chi connectivity index (χ0) is 21.5. The Morgan fingerprint density at radius 3 is 2.57 bits per heavy atom. The lowest BCUT2D eigenvalue weighted by molar-refractivity contribution is -0.152. The number of carbonyl (C=O) groups excluding carboxylic acids is 3. The lowest BCUT2D eigenvalue weighted by atomic mass is 10.1. The molecule has 3 rings (SSSR count). The summed E-state index contributed by atoms with van der Waals surface area (Å²) in [5, 5.41) is 6.79. The maximum absolute atomic E-state index is 12.6. The van der Waals surface area contributed by atoms with Gasteiger partial charge in [-0.1, -0.05) is 30.3 Å². The molecule has 0 aliphatic carbocycles. The first-order valence-corrected chi connectivity index (χ1v) is 11.1. The standard InChI is InChI=1S/C22H21NO5S2/c1-3-27-22(26)17-12-18(16-7-5-4-6-8-16)30-21(17)23-20(25)14(2)28-19(24)11-15-9-10-29-13-15/h4-10,12-14H,3,11H2,1-2H3,(H,23,25). The molecule has 2 heterocycles. The molecule has 30 heavy (non-hydrogen) atoms. The third-order valence-corrected chi connectivity index (χ3v) is 5.96. The molecular formula is C22H21NO5S2. The van der Waals surface area contributed by atoms with Gasteiger partial charge in [-0.3, -0.25) is 9.59 Å². The Morgan fingerprint density at radius 2 is 1.90 bits per heavy atom. The van der Waals surface area contributed by atoms with E-state index in [1.54, 1.807) is 13.0 Å². The minimum atomic E-state index is -1.01. The minimum absolute atomic E-state index is 0.104. The van der Waals surface area contributed by atoms with Crippen LogP contribution in [0.2, 0.25) is 0 Å². The SMILES string of the molecule is CCOC(=O)c1cc(-c2ccccc2)sc1NC(=O)C(C)OC(=O)Cc1ccsc1. The van der Waals surface area contributed by atoms with Crippen LogP contribution in [-0.2, 0) is 25.5 Å². The van der Waals surface area contributed by atoms with Gasteiger partial charge in [0.05, 0.1) is 18.6 Å². The molecule has 0 spiro atoms. The van der Waals surface area contributed by atoms with Gasteiger partial charge in [-0.15, -0.1) is 11.3 Å². The van der Waals surface area contributed by atoms with Gasteiger partial charge < -0.3 is 14.8 Å². The van der Waals surface area contributed by atoms with Crippen molar-refractivity contribution in [3.8, 4) is 10.4 Å². The van der Waals surface area contributed by atoms with E-state index in [-0.39, 0.29) is 18.6 Å². The molecule has 0 fully saturated rings. The molecule has 1 N–H and O–H groups in total. The van der Waals surface area contributed by atoms with Crippen molar-refractivity contribution >= 4 is 45.5 Å². The van der Waals surface area contributed by atoms with Gasteiger partial charge in [-0.2, -0.15) is 11.3 Å². The summed E-state index contributed by atoms with van der Waals surface area (Å²) in [6, 6.07) is 13.1. The van der Waals surface area contributed by atoms with Gasteiger partial charge in [0.1, 0.15) is 5.00 Å². The Hall–Kier alpha value is -2.97. The zero-order valence-corrected chi connectivity index (χ0v) is 18.2. The maximum Gasteiger partial charge on any atom is 0.341 e. The van der Waals surface area contributed by atoms with Crippen LogP contribution in [0.25, 0.3) is 10.4 Å². The predicted octanol–water partition coefficient (Wildman–Crippen LogP) is 4.77. The summed E-state index contributed by atoms with van der Waals surface area (Å²) in [6.45, 7) is 3.44. The molecule has 1 unspecified atom stereocenters. The van der Waals surface area contributed by atoms with Crippen molar-refractivity contribution in [2.24, 2.45) is 0 Å². The molecule has 0 saturated heterocycles. The fourth-order valence-electron chi connectivity index (χ4n) is 2.65. The van der Waals surface area contributed by atoms with E-state index in [0.29, 0.717) is 5.00 Å². The van der Waals surface area contributed by atoms with Crippen molar-refractivity contribution < 1.29 is 23.9 Å². The second-order valence-electron chi connectivity index (χ2n) is 6.37. The van der Waals surface area contributed by atoms with E-state index in [2.05, 4.69) is 5.32 Å². The van der Waals surface area contributed by atoms with Gasteiger partial charge in [0.25, 0.3) is 5.91 Å². The Balaban J connectivity index is 1.73. The van der Waals surface area contributed by atoms with Crippen LogP contribution >= 0.6 is 22.7 Å². The maximum atomic E-state index is 12.6. The molecule has 0 aliphatic heterocycles. The molecule has 0 saturated carbocycles. The van der Waals surface area contributed by atoms with Crippen molar-refractivity contribution in [3.63, 3.8) is 0 Å². The van der Waals surface area contributed by atoms with Crippen LogP contribution in [0, 0.1) is 0 Å². The number of benzene rings is 1. The first-order valence-electron chi connectivity index (χ1n) is 9.35. The van der Waals surface area contributed by atoms with E-state index >= 15 is 0 Å². The number of hydrogen-bond donors (Lipinski definition) is 1. The third-order valence-electron chi connectivity index (χ3n) is 4.13. The van der Waals surface area contributed by atoms with Crippen molar-refractivity contribution in [2.75, 3.05) is 11.9 Å². The summed E-state index contributed by atoms with van der Waals surface area (Å²) < 4.78 is 10.4. The second-order valence-corrected chi connectivity index (χ2v) is 8.20. The first-order chi connectivity index (χ1) is 14.5. The number of carbonyl (C=O) groups is 3. The Labute approximate surface area is 182 Å². The largest absolute Gasteiger partial charge is 0.462 e. The van der Waals surface area contributed by atoms with Crippen LogP contribution in [0.4, 0.5) is 5.00 Å². The predicted molar refractivity (Wildman–Crippen MR) is 118 cm³/mol. The summed E-state index contributed by atoms with van der Waals surface area (Å²) in [7, 11) is 0. The van der Waals surface area contributed by atoms with Gasteiger partial charge in [-0.25, -0.2) is 4.79 Å². The van der Waals surface area contributed by atoms with E-state index in [9.17, 15) is 14.4 Å². The fourth-order valence-corrected chi connectivity index (χ4v) is 4.38. The lowest BCUT2D eigenvalue weighted by Gasteiger charge is -2.13. The molecule has 0 bridgehead atoms. The molecular weight excluding hydrogens is 422 g/mol. The summed E-state index contributed by atoms with van der Waals surface area (Å²) in [6.07, 6.45) is -0.903. The van der Waals surface area contributed by atoms with E-state index < -0.39 is 23.9 Å². The highest BCUT2D eigenvalue weighted by atomic mass is 32.1. The number of esters is 2. The highest BCUT2D eigenvalue weighted by Crippen LogP contribution is 2.36. The van der Waals surface area contributed by atoms with Gasteiger partial charge in [0.15, 0.2) is 6.10 Å². The van der Waals surface area contributed by atoms with E-state index in [4.69, 9.17) is 9.47 Å². The minimum Gasteiger partial charge on any atom is -0.462 e. The summed E-state index contributed by atoms with van der Waals surface area (Å²) in [4.78, 5) is 37.8. The first kappa shape index (κ1) is 21.7. The molecule has 1 atom stereocenters. The van der Waals surface area contributed by atoms with Crippen molar-refractivity contribution in [1.82, 2.24) is 0 Å². The number of rotatable bonds is 8. The van der Waals surface area contributed by atoms with Crippen LogP contribution < -0.4 is 5.32 Å². The third kappa shape index (κ3) is 5.55. The molecule has 0 radical (unpaired) electrons. The van der Waals surface area contributed by atoms with Crippen molar-refractivity contribution in [2.45, 2.75) is 26.4 Å². The monoisotopic (exact) mass is 443 g/mol. The van der Waals surface area contributed by atoms with Crippen LogP contribution in [0.3, 0.4) is 0 Å². The highest BCUT2D eigenvalue weighted by molar-refractivity contribution is 7.20. The molecule has 0 aliphatic rings. The fraction of sp³-hybridized carbons (Fsp3) is 0.227. The van der Waals surface area contributed by atoms with Crippen molar-refractivity contribution in [1.29, 1.82) is 0 Å². The van der Waals surface area contributed by atoms with Gasteiger partial charge in [0, 0.05) is 4.88 Å². The van der Waals surface area contributed by atoms with Crippen molar-refractivity contribution in [3.05, 3.63) is 64.4 Å². The number of anilines is 1. The van der Waals surface area contributed by atoms with Crippen LogP contribution in [0.15, 0.2) is 53.2 Å². The number of hydrogen-bond acceptors (Lipinski definition) is 7. The van der Waals surface area contributed by atoms with Gasteiger partial charge >= 0.3 is 11.9 Å². The normalized spacial score (nSPS) is 11.5. The topological polar surface area (TPSA) is 81.7 Å². The zero-order valence-electron chi connectivity index (χ0n) is 16.5. The number of nitrogens with one attached hydrogen (secondary N) is 1. The summed E-state index contributed by atoms with van der Waals surface area (Å²) in [5.74, 6) is -1.52. The number of thiophene rings is 2. The average molecular weight is 444 g/mol.